The maximum Gasteiger partial charge on any atom is 0.180 e. The topological polar surface area (TPSA) is 57.5 Å². The van der Waals surface area contributed by atoms with Gasteiger partial charge in [0.15, 0.2) is 11.5 Å². The van der Waals surface area contributed by atoms with Gasteiger partial charge < -0.3 is 19.9 Å². The van der Waals surface area contributed by atoms with Crippen LogP contribution in [0.2, 0.25) is 0 Å². The highest BCUT2D eigenvalue weighted by Gasteiger charge is 2.20. The molecule has 6 nitrogen and oxygen atoms in total. The summed E-state index contributed by atoms with van der Waals surface area (Å²) in [5.74, 6) is 1.69. The van der Waals surface area contributed by atoms with Crippen molar-refractivity contribution in [3.8, 4) is 0 Å². The van der Waals surface area contributed by atoms with Crippen LogP contribution < -0.4 is 10.6 Å². The number of likely N-dealkylation sites (N-methyl/N-ethyl adjacent to an activating group) is 1. The Bertz CT molecular complexity index is 563. The van der Waals surface area contributed by atoms with Gasteiger partial charge in [0.2, 0.25) is 0 Å². The van der Waals surface area contributed by atoms with Crippen LogP contribution >= 0.6 is 0 Å². The van der Waals surface area contributed by atoms with Gasteiger partial charge in [-0.1, -0.05) is 0 Å². The number of anilines is 2. The Morgan fingerprint density at radius 3 is 3.11 bits per heavy atom. The quantitative estimate of drug-likeness (QED) is 0.867. The Balaban J connectivity index is 1.81. The summed E-state index contributed by atoms with van der Waals surface area (Å²) in [7, 11) is 4.06. The maximum atomic E-state index is 4.55. The SMILES string of the molecule is CNc1cn2ccnc2c(NCC2CCCN2C)n1. The van der Waals surface area contributed by atoms with Gasteiger partial charge in [-0.3, -0.25) is 0 Å². The van der Waals surface area contributed by atoms with E-state index in [0.29, 0.717) is 6.04 Å². The smallest absolute Gasteiger partial charge is 0.180 e. The van der Waals surface area contributed by atoms with Crippen LogP contribution in [0.1, 0.15) is 12.8 Å². The van der Waals surface area contributed by atoms with Crippen LogP contribution in [-0.4, -0.2) is 52.5 Å². The second-order valence-electron chi connectivity index (χ2n) is 5.04. The zero-order valence-corrected chi connectivity index (χ0v) is 11.4. The third-order valence-electron chi connectivity index (χ3n) is 3.81. The molecule has 0 saturated carbocycles. The summed E-state index contributed by atoms with van der Waals surface area (Å²) in [6.07, 6.45) is 8.20. The van der Waals surface area contributed by atoms with Gasteiger partial charge in [0.25, 0.3) is 0 Å². The van der Waals surface area contributed by atoms with Crippen LogP contribution in [0.25, 0.3) is 5.65 Å². The Hall–Kier alpha value is -1.82. The van der Waals surface area contributed by atoms with Crippen LogP contribution in [0, 0.1) is 0 Å². The standard InChI is InChI=1S/C13H20N6/c1-14-11-9-19-7-5-15-13(19)12(17-11)16-8-10-4-3-6-18(10)2/h5,7,9-10,14H,3-4,6,8H2,1-2H3,(H,16,17). The number of hydrogen-bond acceptors (Lipinski definition) is 5. The molecule has 0 aliphatic carbocycles. The molecular formula is C13H20N6. The molecule has 19 heavy (non-hydrogen) atoms. The Morgan fingerprint density at radius 2 is 2.37 bits per heavy atom. The predicted octanol–water partition coefficient (Wildman–Crippen LogP) is 1.28. The summed E-state index contributed by atoms with van der Waals surface area (Å²) in [4.78, 5) is 11.3. The van der Waals surface area contributed by atoms with Crippen molar-refractivity contribution in [3.05, 3.63) is 18.6 Å². The van der Waals surface area contributed by atoms with Crippen molar-refractivity contribution in [2.24, 2.45) is 0 Å². The molecule has 0 bridgehead atoms. The van der Waals surface area contributed by atoms with Crippen molar-refractivity contribution >= 4 is 17.3 Å². The second-order valence-corrected chi connectivity index (χ2v) is 5.04. The van der Waals surface area contributed by atoms with E-state index in [0.717, 1.165) is 23.8 Å². The first-order valence-electron chi connectivity index (χ1n) is 6.73. The number of nitrogens with one attached hydrogen (secondary N) is 2. The fraction of sp³-hybridized carbons (Fsp3) is 0.538. The summed E-state index contributed by atoms with van der Waals surface area (Å²) < 4.78 is 1.99. The van der Waals surface area contributed by atoms with E-state index in [-0.39, 0.29) is 0 Å². The molecule has 102 valence electrons. The van der Waals surface area contributed by atoms with Gasteiger partial charge in [-0.15, -0.1) is 0 Å². The average molecular weight is 260 g/mol. The summed E-state index contributed by atoms with van der Waals surface area (Å²) in [5.41, 5.74) is 0.875. The van der Waals surface area contributed by atoms with Crippen LogP contribution in [0.4, 0.5) is 11.6 Å². The molecule has 2 aromatic rings. The molecule has 2 aromatic heterocycles. The molecular weight excluding hydrogens is 240 g/mol. The van der Waals surface area contributed by atoms with E-state index >= 15 is 0 Å². The van der Waals surface area contributed by atoms with E-state index in [9.17, 15) is 0 Å². The molecule has 1 aliphatic rings. The van der Waals surface area contributed by atoms with Gasteiger partial charge in [0, 0.05) is 32.0 Å². The molecule has 0 amide bonds. The van der Waals surface area contributed by atoms with Crippen LogP contribution in [0.5, 0.6) is 0 Å². The van der Waals surface area contributed by atoms with Gasteiger partial charge in [0.1, 0.15) is 5.82 Å². The first-order valence-corrected chi connectivity index (χ1v) is 6.73. The number of rotatable bonds is 4. The lowest BCUT2D eigenvalue weighted by Crippen LogP contribution is -2.31. The summed E-state index contributed by atoms with van der Waals surface area (Å²) >= 11 is 0. The molecule has 2 N–H and O–H groups in total. The van der Waals surface area contributed by atoms with Gasteiger partial charge in [-0.05, 0) is 26.4 Å². The van der Waals surface area contributed by atoms with Crippen molar-refractivity contribution in [1.82, 2.24) is 19.3 Å². The molecule has 1 saturated heterocycles. The average Bonchev–Trinajstić information content (AvgIpc) is 3.04. The summed E-state index contributed by atoms with van der Waals surface area (Å²) in [6.45, 7) is 2.11. The van der Waals surface area contributed by atoms with Crippen molar-refractivity contribution in [1.29, 1.82) is 0 Å². The first-order chi connectivity index (χ1) is 9.28. The van der Waals surface area contributed by atoms with E-state index in [1.165, 1.54) is 19.4 Å². The third kappa shape index (κ3) is 2.35. The van der Waals surface area contributed by atoms with Gasteiger partial charge in [-0.2, -0.15) is 0 Å². The molecule has 3 rings (SSSR count). The molecule has 0 spiro atoms. The number of imidazole rings is 1. The molecule has 1 atom stereocenters. The molecule has 0 radical (unpaired) electrons. The van der Waals surface area contributed by atoms with Gasteiger partial charge >= 0.3 is 0 Å². The highest BCUT2D eigenvalue weighted by atomic mass is 15.2. The van der Waals surface area contributed by atoms with E-state index in [1.54, 1.807) is 6.20 Å². The molecule has 3 heterocycles. The van der Waals surface area contributed by atoms with E-state index in [2.05, 4.69) is 32.5 Å². The Kier molecular flexibility index (Phi) is 3.25. The van der Waals surface area contributed by atoms with Crippen molar-refractivity contribution in [2.45, 2.75) is 18.9 Å². The first kappa shape index (κ1) is 12.2. The second kappa shape index (κ2) is 5.05. The molecule has 1 fully saturated rings. The fourth-order valence-electron chi connectivity index (χ4n) is 2.62. The number of fused-ring (bicyclic) bond motifs is 1. The number of hydrogen-bond donors (Lipinski definition) is 2. The van der Waals surface area contributed by atoms with Crippen molar-refractivity contribution < 1.29 is 0 Å². The van der Waals surface area contributed by atoms with Crippen LogP contribution in [0.15, 0.2) is 18.6 Å². The number of likely N-dealkylation sites (tertiary alicyclic amines) is 1. The van der Waals surface area contributed by atoms with Gasteiger partial charge in [0.05, 0.1) is 6.20 Å². The molecule has 6 heteroatoms. The lowest BCUT2D eigenvalue weighted by molar-refractivity contribution is 0.322. The van der Waals surface area contributed by atoms with Crippen LogP contribution in [-0.2, 0) is 0 Å². The molecule has 1 aliphatic heterocycles. The van der Waals surface area contributed by atoms with Gasteiger partial charge in [-0.25, -0.2) is 9.97 Å². The van der Waals surface area contributed by atoms with Crippen LogP contribution in [0.3, 0.4) is 0 Å². The largest absolute Gasteiger partial charge is 0.372 e. The number of nitrogens with zero attached hydrogens (tertiary/aromatic N) is 4. The summed E-state index contributed by atoms with van der Waals surface area (Å²) in [5, 5.41) is 6.52. The van der Waals surface area contributed by atoms with Crippen molar-refractivity contribution in [2.75, 3.05) is 37.8 Å². The maximum absolute atomic E-state index is 4.55. The summed E-state index contributed by atoms with van der Waals surface area (Å²) in [6, 6.07) is 0.593. The zero-order valence-electron chi connectivity index (χ0n) is 11.4. The fourth-order valence-corrected chi connectivity index (χ4v) is 2.62. The van der Waals surface area contributed by atoms with Crippen molar-refractivity contribution in [3.63, 3.8) is 0 Å². The number of aromatic nitrogens is 3. The lowest BCUT2D eigenvalue weighted by atomic mass is 10.2. The molecule has 0 aromatic carbocycles. The van der Waals surface area contributed by atoms with E-state index < -0.39 is 0 Å². The third-order valence-corrected chi connectivity index (χ3v) is 3.81. The Labute approximate surface area is 112 Å². The highest BCUT2D eigenvalue weighted by Crippen LogP contribution is 2.19. The van der Waals surface area contributed by atoms with E-state index in [1.807, 2.05) is 23.8 Å². The predicted molar refractivity (Wildman–Crippen MR) is 76.7 cm³/mol. The lowest BCUT2D eigenvalue weighted by Gasteiger charge is -2.20. The van der Waals surface area contributed by atoms with E-state index in [4.69, 9.17) is 0 Å². The minimum Gasteiger partial charge on any atom is -0.372 e. The zero-order chi connectivity index (χ0) is 13.2. The normalized spacial score (nSPS) is 20.0. The Morgan fingerprint density at radius 1 is 1.47 bits per heavy atom. The highest BCUT2D eigenvalue weighted by molar-refractivity contribution is 5.65. The minimum atomic E-state index is 0.593. The molecule has 1 unspecified atom stereocenters. The minimum absolute atomic E-state index is 0.593. The monoisotopic (exact) mass is 260 g/mol.